The van der Waals surface area contributed by atoms with Gasteiger partial charge >= 0.3 is 5.97 Å². The fraction of sp³-hybridized carbons (Fsp3) is 0.125. The van der Waals surface area contributed by atoms with Gasteiger partial charge in [-0.25, -0.2) is 4.79 Å². The van der Waals surface area contributed by atoms with Crippen molar-refractivity contribution in [1.29, 1.82) is 0 Å². The Morgan fingerprint density at radius 1 is 1.00 bits per heavy atom. The molecule has 0 radical (unpaired) electrons. The summed E-state index contributed by atoms with van der Waals surface area (Å²) in [4.78, 5) is 23.9. The van der Waals surface area contributed by atoms with Gasteiger partial charge in [-0.1, -0.05) is 42.1 Å². The predicted molar refractivity (Wildman–Crippen MR) is 82.1 cm³/mol. The molecule has 0 aromatic heterocycles. The second-order valence-electron chi connectivity index (χ2n) is 4.50. The fourth-order valence-corrected chi connectivity index (χ4v) is 2.36. The van der Waals surface area contributed by atoms with E-state index in [2.05, 4.69) is 0 Å². The lowest BCUT2D eigenvalue weighted by molar-refractivity contribution is -0.127. The molecule has 0 fully saturated rings. The molecule has 1 atom stereocenters. The number of carbonyl (C=O) groups is 2. The van der Waals surface area contributed by atoms with Gasteiger partial charge in [0, 0.05) is 10.5 Å². The molecule has 7 heteroatoms. The molecule has 2 N–H and O–H groups in total. The van der Waals surface area contributed by atoms with Gasteiger partial charge in [0.05, 0.1) is 5.56 Å². The van der Waals surface area contributed by atoms with E-state index in [0.29, 0.717) is 22.2 Å². The average Bonchev–Trinajstić information content (AvgIpc) is 2.53. The molecule has 0 saturated carbocycles. The highest BCUT2D eigenvalue weighted by molar-refractivity contribution is 7.99. The fourth-order valence-electron chi connectivity index (χ4n) is 1.87. The van der Waals surface area contributed by atoms with Crippen molar-refractivity contribution in [2.24, 2.45) is 5.73 Å². The van der Waals surface area contributed by atoms with Crippen LogP contribution in [0.1, 0.15) is 22.0 Å². The minimum atomic E-state index is -2.54. The van der Waals surface area contributed by atoms with Crippen molar-refractivity contribution in [3.05, 3.63) is 65.7 Å². The highest BCUT2D eigenvalue weighted by Crippen LogP contribution is 2.26. The molecule has 23 heavy (non-hydrogen) atoms. The van der Waals surface area contributed by atoms with Crippen molar-refractivity contribution in [2.45, 2.75) is 16.8 Å². The summed E-state index contributed by atoms with van der Waals surface area (Å²) in [6.45, 7) is 0. The van der Waals surface area contributed by atoms with E-state index < -0.39 is 23.7 Å². The summed E-state index contributed by atoms with van der Waals surface area (Å²) in [6.07, 6.45) is -1.21. The zero-order valence-corrected chi connectivity index (χ0v) is 12.6. The summed E-state index contributed by atoms with van der Waals surface area (Å²) < 4.78 is 29.6. The molecular formula is C16H13F2NO3S. The minimum absolute atomic E-state index is 0.144. The smallest absolute Gasteiger partial charge is 0.339 e. The van der Waals surface area contributed by atoms with Gasteiger partial charge < -0.3 is 10.5 Å². The SMILES string of the molecule is NC(=O)C(OC(=O)c1ccc(SC(F)F)cc1)c1ccccc1. The maximum atomic E-state index is 12.2. The number of ether oxygens (including phenoxy) is 1. The number of rotatable bonds is 6. The second kappa shape index (κ2) is 7.73. The first kappa shape index (κ1) is 17.0. The first-order chi connectivity index (χ1) is 11.0. The van der Waals surface area contributed by atoms with Gasteiger partial charge in [0.1, 0.15) is 0 Å². The molecular weight excluding hydrogens is 324 g/mol. The Labute approximate surface area is 135 Å². The summed E-state index contributed by atoms with van der Waals surface area (Å²) in [5.74, 6) is -4.09. The van der Waals surface area contributed by atoms with Crippen LogP contribution in [-0.4, -0.2) is 17.6 Å². The highest BCUT2D eigenvalue weighted by Gasteiger charge is 2.23. The highest BCUT2D eigenvalue weighted by atomic mass is 32.2. The van der Waals surface area contributed by atoms with Gasteiger partial charge in [-0.2, -0.15) is 8.78 Å². The Bertz CT molecular complexity index is 677. The van der Waals surface area contributed by atoms with Crippen LogP contribution in [0.4, 0.5) is 8.78 Å². The summed E-state index contributed by atoms with van der Waals surface area (Å²) in [5.41, 5.74) is 5.87. The van der Waals surface area contributed by atoms with E-state index in [1.807, 2.05) is 0 Å². The molecule has 4 nitrogen and oxygen atoms in total. The van der Waals surface area contributed by atoms with Crippen LogP contribution in [0.2, 0.25) is 0 Å². The number of alkyl halides is 2. The largest absolute Gasteiger partial charge is 0.444 e. The van der Waals surface area contributed by atoms with Crippen molar-refractivity contribution in [1.82, 2.24) is 0 Å². The zero-order chi connectivity index (χ0) is 16.8. The Morgan fingerprint density at radius 2 is 1.61 bits per heavy atom. The molecule has 0 heterocycles. The van der Waals surface area contributed by atoms with Crippen molar-refractivity contribution < 1.29 is 23.1 Å². The third-order valence-electron chi connectivity index (χ3n) is 2.90. The standard InChI is InChI=1S/C16H13F2NO3S/c17-16(18)23-12-8-6-11(7-9-12)15(21)22-13(14(19)20)10-4-2-1-3-5-10/h1-9,13,16H,(H2,19,20). The third-order valence-corrected chi connectivity index (χ3v) is 3.62. The number of thioether (sulfide) groups is 1. The number of halogens is 2. The molecule has 1 unspecified atom stereocenters. The van der Waals surface area contributed by atoms with Gasteiger partial charge in [-0.15, -0.1) is 0 Å². The van der Waals surface area contributed by atoms with Crippen LogP contribution in [0, 0.1) is 0 Å². The van der Waals surface area contributed by atoms with E-state index in [4.69, 9.17) is 10.5 Å². The van der Waals surface area contributed by atoms with E-state index in [1.165, 1.54) is 24.3 Å². The molecule has 0 spiro atoms. The van der Waals surface area contributed by atoms with Crippen LogP contribution in [-0.2, 0) is 9.53 Å². The van der Waals surface area contributed by atoms with Gasteiger partial charge in [0.15, 0.2) is 0 Å². The Kier molecular flexibility index (Phi) is 5.70. The van der Waals surface area contributed by atoms with Gasteiger partial charge in [0.25, 0.3) is 11.7 Å². The summed E-state index contributed by atoms with van der Waals surface area (Å²) in [6, 6.07) is 13.8. The molecule has 0 aliphatic rings. The molecule has 2 aromatic carbocycles. The molecule has 0 bridgehead atoms. The van der Waals surface area contributed by atoms with Crippen LogP contribution >= 0.6 is 11.8 Å². The lowest BCUT2D eigenvalue weighted by Crippen LogP contribution is -2.26. The van der Waals surface area contributed by atoms with Crippen LogP contribution in [0.3, 0.4) is 0 Å². The van der Waals surface area contributed by atoms with E-state index in [0.717, 1.165) is 0 Å². The van der Waals surface area contributed by atoms with Crippen molar-refractivity contribution in [3.63, 3.8) is 0 Å². The number of hydrogen-bond donors (Lipinski definition) is 1. The summed E-state index contributed by atoms with van der Waals surface area (Å²) >= 11 is 0.375. The van der Waals surface area contributed by atoms with E-state index in [1.54, 1.807) is 30.3 Å². The van der Waals surface area contributed by atoms with E-state index in [9.17, 15) is 18.4 Å². The van der Waals surface area contributed by atoms with Crippen molar-refractivity contribution in [2.75, 3.05) is 0 Å². The topological polar surface area (TPSA) is 69.4 Å². The summed E-state index contributed by atoms with van der Waals surface area (Å²) in [5, 5.41) is 0. The van der Waals surface area contributed by atoms with Gasteiger partial charge in [-0.3, -0.25) is 4.79 Å². The quantitative estimate of drug-likeness (QED) is 0.648. The Balaban J connectivity index is 2.11. The van der Waals surface area contributed by atoms with Crippen molar-refractivity contribution >= 4 is 23.6 Å². The number of carbonyl (C=O) groups excluding carboxylic acids is 2. The van der Waals surface area contributed by atoms with Gasteiger partial charge in [0.2, 0.25) is 6.10 Å². The monoisotopic (exact) mass is 337 g/mol. The molecule has 0 aliphatic carbocycles. The van der Waals surface area contributed by atoms with E-state index >= 15 is 0 Å². The molecule has 1 amide bonds. The predicted octanol–water partition coefficient (Wildman–Crippen LogP) is 3.38. The molecule has 0 aliphatic heterocycles. The van der Waals surface area contributed by atoms with Crippen LogP contribution in [0.25, 0.3) is 0 Å². The molecule has 2 rings (SSSR count). The number of hydrogen-bond acceptors (Lipinski definition) is 4. The number of esters is 1. The third kappa shape index (κ3) is 4.79. The van der Waals surface area contributed by atoms with Crippen molar-refractivity contribution in [3.8, 4) is 0 Å². The summed E-state index contributed by atoms with van der Waals surface area (Å²) in [7, 11) is 0. The molecule has 2 aromatic rings. The van der Waals surface area contributed by atoms with Crippen LogP contribution in [0.5, 0.6) is 0 Å². The first-order valence-electron chi connectivity index (χ1n) is 6.57. The average molecular weight is 337 g/mol. The Morgan fingerprint density at radius 3 is 2.13 bits per heavy atom. The maximum Gasteiger partial charge on any atom is 0.339 e. The molecule has 120 valence electrons. The molecule has 0 saturated heterocycles. The lowest BCUT2D eigenvalue weighted by atomic mass is 10.1. The number of benzene rings is 2. The normalized spacial score (nSPS) is 12.0. The van der Waals surface area contributed by atoms with Crippen LogP contribution in [0.15, 0.2) is 59.5 Å². The van der Waals surface area contributed by atoms with Crippen LogP contribution < -0.4 is 5.73 Å². The van der Waals surface area contributed by atoms with Gasteiger partial charge in [-0.05, 0) is 24.3 Å². The second-order valence-corrected chi connectivity index (χ2v) is 5.56. The minimum Gasteiger partial charge on any atom is -0.444 e. The first-order valence-corrected chi connectivity index (χ1v) is 7.45. The van der Waals surface area contributed by atoms with E-state index in [-0.39, 0.29) is 5.56 Å². The lowest BCUT2D eigenvalue weighted by Gasteiger charge is -2.15. The maximum absolute atomic E-state index is 12.2. The number of nitrogens with two attached hydrogens (primary N) is 1. The number of primary amides is 1. The zero-order valence-electron chi connectivity index (χ0n) is 11.8. The number of amides is 1. The Hall–Kier alpha value is -2.41.